The van der Waals surface area contributed by atoms with Crippen molar-refractivity contribution in [1.29, 1.82) is 0 Å². The molecule has 1 aromatic rings. The first kappa shape index (κ1) is 11.5. The number of nitrogens with one attached hydrogen (secondary N) is 1. The summed E-state index contributed by atoms with van der Waals surface area (Å²) in [4.78, 5) is 15.5. The van der Waals surface area contributed by atoms with Crippen LogP contribution in [0.5, 0.6) is 0 Å². The van der Waals surface area contributed by atoms with Gasteiger partial charge in [-0.25, -0.2) is 4.98 Å². The summed E-state index contributed by atoms with van der Waals surface area (Å²) in [6.07, 6.45) is 2.46. The van der Waals surface area contributed by atoms with Crippen LogP contribution in [-0.2, 0) is 0 Å². The number of hydrogen-bond donors (Lipinski definition) is 2. The van der Waals surface area contributed by atoms with Crippen molar-refractivity contribution in [2.75, 3.05) is 12.3 Å². The number of aromatic nitrogens is 1. The van der Waals surface area contributed by atoms with Gasteiger partial charge in [0.15, 0.2) is 0 Å². The summed E-state index contributed by atoms with van der Waals surface area (Å²) in [7, 11) is 0. The minimum absolute atomic E-state index is 0.143. The van der Waals surface area contributed by atoms with E-state index in [9.17, 15) is 4.79 Å². The summed E-state index contributed by atoms with van der Waals surface area (Å²) in [5, 5.41) is 2.81. The van der Waals surface area contributed by atoms with Gasteiger partial charge in [0, 0.05) is 6.54 Å². The number of carbonyl (C=O) groups excluding carboxylic acids is 1. The standard InChI is InChI=1S/C11H17N3O/c1-8(2)5-6-13-11(15)10-4-3-9(12)7-14-10/h3-4,7-8H,5-6,12H2,1-2H3,(H,13,15). The van der Waals surface area contributed by atoms with Crippen LogP contribution >= 0.6 is 0 Å². The second-order valence-electron chi connectivity index (χ2n) is 3.92. The number of hydrogen-bond acceptors (Lipinski definition) is 3. The molecule has 1 rings (SSSR count). The molecule has 15 heavy (non-hydrogen) atoms. The summed E-state index contributed by atoms with van der Waals surface area (Å²) in [5.41, 5.74) is 6.45. The number of nitrogens with two attached hydrogens (primary N) is 1. The van der Waals surface area contributed by atoms with Crippen molar-refractivity contribution in [1.82, 2.24) is 10.3 Å². The molecule has 4 nitrogen and oxygen atoms in total. The van der Waals surface area contributed by atoms with Crippen molar-refractivity contribution < 1.29 is 4.79 Å². The molecular formula is C11H17N3O. The zero-order valence-electron chi connectivity index (χ0n) is 9.16. The Bertz CT molecular complexity index is 319. The summed E-state index contributed by atoms with van der Waals surface area (Å²) in [6.45, 7) is 4.92. The van der Waals surface area contributed by atoms with Crippen LogP contribution in [0.1, 0.15) is 30.8 Å². The second-order valence-corrected chi connectivity index (χ2v) is 3.92. The smallest absolute Gasteiger partial charge is 0.269 e. The molecule has 0 saturated heterocycles. The Labute approximate surface area is 89.9 Å². The normalized spacial score (nSPS) is 10.3. The van der Waals surface area contributed by atoms with E-state index in [1.54, 1.807) is 12.1 Å². The molecule has 3 N–H and O–H groups in total. The van der Waals surface area contributed by atoms with E-state index >= 15 is 0 Å². The molecule has 1 amide bonds. The molecule has 82 valence electrons. The monoisotopic (exact) mass is 207 g/mol. The summed E-state index contributed by atoms with van der Waals surface area (Å²) < 4.78 is 0. The molecule has 0 saturated carbocycles. The van der Waals surface area contributed by atoms with E-state index in [-0.39, 0.29) is 5.91 Å². The molecule has 0 unspecified atom stereocenters. The fourth-order valence-corrected chi connectivity index (χ4v) is 1.10. The van der Waals surface area contributed by atoms with Gasteiger partial charge in [0.25, 0.3) is 5.91 Å². The Morgan fingerprint density at radius 2 is 2.27 bits per heavy atom. The highest BCUT2D eigenvalue weighted by atomic mass is 16.1. The predicted molar refractivity (Wildman–Crippen MR) is 60.4 cm³/mol. The van der Waals surface area contributed by atoms with E-state index in [0.717, 1.165) is 6.42 Å². The lowest BCUT2D eigenvalue weighted by Gasteiger charge is -2.06. The molecule has 0 aliphatic rings. The largest absolute Gasteiger partial charge is 0.397 e. The van der Waals surface area contributed by atoms with E-state index in [0.29, 0.717) is 23.8 Å². The van der Waals surface area contributed by atoms with Crippen LogP contribution in [-0.4, -0.2) is 17.4 Å². The summed E-state index contributed by atoms with van der Waals surface area (Å²) in [6, 6.07) is 3.30. The average Bonchev–Trinajstić information content (AvgIpc) is 2.18. The van der Waals surface area contributed by atoms with Gasteiger partial charge in [-0.15, -0.1) is 0 Å². The van der Waals surface area contributed by atoms with Crippen molar-refractivity contribution in [3.63, 3.8) is 0 Å². The third kappa shape index (κ3) is 3.97. The first-order valence-electron chi connectivity index (χ1n) is 5.09. The van der Waals surface area contributed by atoms with Crippen LogP contribution in [0.2, 0.25) is 0 Å². The van der Waals surface area contributed by atoms with Crippen molar-refractivity contribution in [3.05, 3.63) is 24.0 Å². The van der Waals surface area contributed by atoms with Crippen LogP contribution in [0.4, 0.5) is 5.69 Å². The van der Waals surface area contributed by atoms with Gasteiger partial charge in [0.1, 0.15) is 5.69 Å². The average molecular weight is 207 g/mol. The molecule has 0 spiro atoms. The molecule has 0 atom stereocenters. The summed E-state index contributed by atoms with van der Waals surface area (Å²) >= 11 is 0. The zero-order valence-corrected chi connectivity index (χ0v) is 9.16. The van der Waals surface area contributed by atoms with E-state index in [1.807, 2.05) is 0 Å². The zero-order chi connectivity index (χ0) is 11.3. The predicted octanol–water partition coefficient (Wildman–Crippen LogP) is 1.44. The van der Waals surface area contributed by atoms with Crippen LogP contribution in [0.15, 0.2) is 18.3 Å². The van der Waals surface area contributed by atoms with Gasteiger partial charge in [-0.2, -0.15) is 0 Å². The Morgan fingerprint density at radius 3 is 2.80 bits per heavy atom. The van der Waals surface area contributed by atoms with Gasteiger partial charge >= 0.3 is 0 Å². The lowest BCUT2D eigenvalue weighted by molar-refractivity contribution is 0.0947. The van der Waals surface area contributed by atoms with Crippen LogP contribution < -0.4 is 11.1 Å². The molecule has 0 bridgehead atoms. The van der Waals surface area contributed by atoms with Crippen LogP contribution in [0.25, 0.3) is 0 Å². The van der Waals surface area contributed by atoms with Gasteiger partial charge in [-0.05, 0) is 24.5 Å². The van der Waals surface area contributed by atoms with E-state index in [1.165, 1.54) is 6.20 Å². The number of nitrogen functional groups attached to an aromatic ring is 1. The number of amides is 1. The molecule has 1 aromatic heterocycles. The Balaban J connectivity index is 2.43. The van der Waals surface area contributed by atoms with Crippen molar-refractivity contribution in [2.45, 2.75) is 20.3 Å². The van der Waals surface area contributed by atoms with Crippen LogP contribution in [0, 0.1) is 5.92 Å². The number of nitrogens with zero attached hydrogens (tertiary/aromatic N) is 1. The maximum atomic E-state index is 11.5. The number of carbonyl (C=O) groups is 1. The summed E-state index contributed by atoms with van der Waals surface area (Å²) in [5.74, 6) is 0.445. The molecule has 4 heteroatoms. The van der Waals surface area contributed by atoms with Gasteiger partial charge in [-0.3, -0.25) is 4.79 Å². The Hall–Kier alpha value is -1.58. The fraction of sp³-hybridized carbons (Fsp3) is 0.455. The topological polar surface area (TPSA) is 68.0 Å². The van der Waals surface area contributed by atoms with Gasteiger partial charge in [0.2, 0.25) is 0 Å². The van der Waals surface area contributed by atoms with Crippen molar-refractivity contribution in [3.8, 4) is 0 Å². The highest BCUT2D eigenvalue weighted by Crippen LogP contribution is 2.01. The molecular weight excluding hydrogens is 190 g/mol. The van der Waals surface area contributed by atoms with Gasteiger partial charge < -0.3 is 11.1 Å². The SMILES string of the molecule is CC(C)CCNC(=O)c1ccc(N)cn1. The number of rotatable bonds is 4. The second kappa shape index (κ2) is 5.34. The maximum Gasteiger partial charge on any atom is 0.269 e. The lowest BCUT2D eigenvalue weighted by Crippen LogP contribution is -2.26. The van der Waals surface area contributed by atoms with Gasteiger partial charge in [0.05, 0.1) is 11.9 Å². The molecule has 0 fully saturated rings. The fourth-order valence-electron chi connectivity index (χ4n) is 1.10. The highest BCUT2D eigenvalue weighted by molar-refractivity contribution is 5.92. The molecule has 0 aliphatic heterocycles. The third-order valence-corrected chi connectivity index (χ3v) is 2.03. The minimum atomic E-state index is -0.143. The lowest BCUT2D eigenvalue weighted by atomic mass is 10.1. The Kier molecular flexibility index (Phi) is 4.09. The quantitative estimate of drug-likeness (QED) is 0.785. The molecule has 0 aliphatic carbocycles. The maximum absolute atomic E-state index is 11.5. The Morgan fingerprint density at radius 1 is 1.53 bits per heavy atom. The number of anilines is 1. The van der Waals surface area contributed by atoms with Crippen molar-refractivity contribution >= 4 is 11.6 Å². The highest BCUT2D eigenvalue weighted by Gasteiger charge is 2.05. The van der Waals surface area contributed by atoms with E-state index < -0.39 is 0 Å². The van der Waals surface area contributed by atoms with Gasteiger partial charge in [-0.1, -0.05) is 13.8 Å². The van der Waals surface area contributed by atoms with Crippen LogP contribution in [0.3, 0.4) is 0 Å². The van der Waals surface area contributed by atoms with E-state index in [2.05, 4.69) is 24.1 Å². The molecule has 1 heterocycles. The first-order chi connectivity index (χ1) is 7.09. The number of pyridine rings is 1. The third-order valence-electron chi connectivity index (χ3n) is 2.03. The first-order valence-corrected chi connectivity index (χ1v) is 5.09. The van der Waals surface area contributed by atoms with Crippen molar-refractivity contribution in [2.24, 2.45) is 5.92 Å². The van der Waals surface area contributed by atoms with E-state index in [4.69, 9.17) is 5.73 Å². The molecule has 0 radical (unpaired) electrons. The minimum Gasteiger partial charge on any atom is -0.397 e. The molecule has 0 aromatic carbocycles.